The Bertz CT molecular complexity index is 1210. The van der Waals surface area contributed by atoms with Gasteiger partial charge in [-0.3, -0.25) is 9.59 Å². The van der Waals surface area contributed by atoms with Crippen LogP contribution in [0.25, 0.3) is 0 Å². The zero-order valence-electron chi connectivity index (χ0n) is 20.1. The molecule has 2 heterocycles. The highest BCUT2D eigenvalue weighted by Crippen LogP contribution is 2.29. The minimum Gasteiger partial charge on any atom is -0.504 e. The Hall–Kier alpha value is -3.98. The Labute approximate surface area is 209 Å². The fraction of sp³-hybridized carbons (Fsp3) is 0.333. The first-order valence-corrected chi connectivity index (χ1v) is 12.0. The van der Waals surface area contributed by atoms with Gasteiger partial charge in [-0.25, -0.2) is 9.97 Å². The molecule has 0 radical (unpaired) electrons. The Morgan fingerprint density at radius 1 is 1.03 bits per heavy atom. The molecule has 1 aliphatic heterocycles. The van der Waals surface area contributed by atoms with Gasteiger partial charge in [0, 0.05) is 25.2 Å². The molecule has 188 valence electrons. The molecule has 9 nitrogen and oxygen atoms in total. The number of nitrogens with zero attached hydrogens (tertiary/aromatic N) is 3. The lowest BCUT2D eigenvalue weighted by molar-refractivity contribution is -0.135. The minimum absolute atomic E-state index is 0.200. The van der Waals surface area contributed by atoms with E-state index in [0.29, 0.717) is 18.2 Å². The maximum atomic E-state index is 12.3. The number of piperidine rings is 1. The first-order valence-electron chi connectivity index (χ1n) is 12.0. The third kappa shape index (κ3) is 5.98. The molecule has 1 saturated heterocycles. The van der Waals surface area contributed by atoms with Crippen molar-refractivity contribution < 1.29 is 24.9 Å². The van der Waals surface area contributed by atoms with Crippen LogP contribution < -0.4 is 10.2 Å². The van der Waals surface area contributed by atoms with Crippen LogP contribution in [0.15, 0.2) is 54.6 Å². The molecule has 0 bridgehead atoms. The van der Waals surface area contributed by atoms with E-state index in [9.17, 15) is 19.8 Å². The van der Waals surface area contributed by atoms with E-state index >= 15 is 0 Å². The summed E-state index contributed by atoms with van der Waals surface area (Å²) < 4.78 is 0. The Morgan fingerprint density at radius 3 is 2.31 bits per heavy atom. The molecule has 1 unspecified atom stereocenters. The van der Waals surface area contributed by atoms with Crippen molar-refractivity contribution in [3.63, 3.8) is 0 Å². The van der Waals surface area contributed by atoms with E-state index in [1.54, 1.807) is 6.92 Å². The number of rotatable bonds is 8. The van der Waals surface area contributed by atoms with E-state index in [1.165, 1.54) is 0 Å². The zero-order valence-corrected chi connectivity index (χ0v) is 20.1. The second-order valence-corrected chi connectivity index (χ2v) is 9.04. The number of carbonyl (C=O) groups is 2. The molecule has 2 aromatic carbocycles. The Kier molecular flexibility index (Phi) is 7.80. The molecule has 3 aromatic rings. The van der Waals surface area contributed by atoms with E-state index in [0.717, 1.165) is 42.7 Å². The smallest absolute Gasteiger partial charge is 0.322 e. The Balaban J connectivity index is 1.35. The molecule has 1 aromatic heterocycles. The zero-order chi connectivity index (χ0) is 25.7. The number of benzene rings is 2. The molecule has 1 atom stereocenters. The minimum atomic E-state index is -1.18. The van der Waals surface area contributed by atoms with Crippen LogP contribution in [0.3, 0.4) is 0 Å². The van der Waals surface area contributed by atoms with Gasteiger partial charge < -0.3 is 25.5 Å². The summed E-state index contributed by atoms with van der Waals surface area (Å²) in [5.74, 6) is -1.47. The molecule has 0 aliphatic carbocycles. The third-order valence-electron chi connectivity index (χ3n) is 6.49. The van der Waals surface area contributed by atoms with Crippen molar-refractivity contribution in [1.29, 1.82) is 0 Å². The average molecular weight is 491 g/mol. The number of carbonyl (C=O) groups excluding carboxylic acids is 1. The predicted octanol–water partition coefficient (Wildman–Crippen LogP) is 2.85. The van der Waals surface area contributed by atoms with Crippen molar-refractivity contribution in [1.82, 2.24) is 15.3 Å². The summed E-state index contributed by atoms with van der Waals surface area (Å²) in [4.78, 5) is 33.9. The normalized spacial score (nSPS) is 14.9. The largest absolute Gasteiger partial charge is 0.504 e. The van der Waals surface area contributed by atoms with E-state index in [2.05, 4.69) is 20.2 Å². The number of aromatic hydroxyl groups is 1. The molecule has 9 heteroatoms. The number of amides is 1. The fourth-order valence-corrected chi connectivity index (χ4v) is 4.46. The molecule has 1 aliphatic rings. The van der Waals surface area contributed by atoms with Crippen molar-refractivity contribution >= 4 is 17.6 Å². The standard InChI is InChI=1S/C27H30N4O5/c1-17-25(34)24(27(36)28-16-23(32)33)30-22(29-17)15-18-11-13-31(14-12-18)21-9-7-20(8-10-21)26(35)19-5-3-2-4-6-19/h2-10,18,26,34-35H,11-16H2,1H3,(H,28,36)(H,32,33). The highest BCUT2D eigenvalue weighted by molar-refractivity contribution is 5.96. The summed E-state index contributed by atoms with van der Waals surface area (Å²) in [6.45, 7) is 2.75. The van der Waals surface area contributed by atoms with Crippen LogP contribution in [0.4, 0.5) is 5.69 Å². The van der Waals surface area contributed by atoms with Crippen LogP contribution in [0, 0.1) is 12.8 Å². The summed E-state index contributed by atoms with van der Waals surface area (Å²) in [6, 6.07) is 17.6. The van der Waals surface area contributed by atoms with Crippen LogP contribution >= 0.6 is 0 Å². The first-order chi connectivity index (χ1) is 17.3. The van der Waals surface area contributed by atoms with Gasteiger partial charge in [-0.2, -0.15) is 0 Å². The van der Waals surface area contributed by atoms with Crippen molar-refractivity contribution in [3.05, 3.63) is 82.9 Å². The summed E-state index contributed by atoms with van der Waals surface area (Å²) in [5.41, 5.74) is 2.90. The summed E-state index contributed by atoms with van der Waals surface area (Å²) in [6.07, 6.45) is 1.74. The number of anilines is 1. The monoisotopic (exact) mass is 490 g/mol. The fourth-order valence-electron chi connectivity index (χ4n) is 4.46. The van der Waals surface area contributed by atoms with Gasteiger partial charge in [0.1, 0.15) is 18.5 Å². The lowest BCUT2D eigenvalue weighted by Crippen LogP contribution is -2.34. The lowest BCUT2D eigenvalue weighted by atomic mass is 9.92. The van der Waals surface area contributed by atoms with Crippen molar-refractivity contribution in [2.75, 3.05) is 24.5 Å². The maximum absolute atomic E-state index is 12.3. The van der Waals surface area contributed by atoms with Crippen LogP contribution in [0.5, 0.6) is 5.75 Å². The van der Waals surface area contributed by atoms with Crippen LogP contribution in [0.2, 0.25) is 0 Å². The van der Waals surface area contributed by atoms with Gasteiger partial charge in [0.15, 0.2) is 11.4 Å². The Morgan fingerprint density at radius 2 is 1.67 bits per heavy atom. The van der Waals surface area contributed by atoms with E-state index in [1.807, 2.05) is 54.6 Å². The number of carboxylic acid groups (broad SMARTS) is 1. The van der Waals surface area contributed by atoms with E-state index < -0.39 is 24.5 Å². The SMILES string of the molecule is Cc1nc(CC2CCN(c3ccc(C(O)c4ccccc4)cc3)CC2)nc(C(=O)NCC(=O)O)c1O. The molecule has 1 fully saturated rings. The molecule has 36 heavy (non-hydrogen) atoms. The van der Waals surface area contributed by atoms with E-state index in [4.69, 9.17) is 5.11 Å². The van der Waals surface area contributed by atoms with E-state index in [-0.39, 0.29) is 17.1 Å². The van der Waals surface area contributed by atoms with Gasteiger partial charge in [-0.1, -0.05) is 42.5 Å². The van der Waals surface area contributed by atoms with Crippen LogP contribution in [-0.4, -0.2) is 56.8 Å². The van der Waals surface area contributed by atoms with Crippen LogP contribution in [0.1, 0.15) is 52.1 Å². The van der Waals surface area contributed by atoms with Crippen molar-refractivity contribution in [2.24, 2.45) is 5.92 Å². The number of aromatic nitrogens is 2. The molecular formula is C27H30N4O5. The number of aliphatic hydroxyl groups is 1. The highest BCUT2D eigenvalue weighted by atomic mass is 16.4. The molecule has 4 rings (SSSR count). The number of aryl methyl sites for hydroxylation is 1. The average Bonchev–Trinajstić information content (AvgIpc) is 2.90. The summed E-state index contributed by atoms with van der Waals surface area (Å²) in [7, 11) is 0. The van der Waals surface area contributed by atoms with Gasteiger partial charge in [-0.05, 0) is 48.9 Å². The maximum Gasteiger partial charge on any atom is 0.322 e. The number of aliphatic carboxylic acids is 1. The van der Waals surface area contributed by atoms with Gasteiger partial charge in [0.2, 0.25) is 0 Å². The van der Waals surface area contributed by atoms with Crippen molar-refractivity contribution in [2.45, 2.75) is 32.3 Å². The molecule has 1 amide bonds. The van der Waals surface area contributed by atoms with Gasteiger partial charge in [0.25, 0.3) is 5.91 Å². The van der Waals surface area contributed by atoms with Crippen LogP contribution in [-0.2, 0) is 11.2 Å². The highest BCUT2D eigenvalue weighted by Gasteiger charge is 2.24. The van der Waals surface area contributed by atoms with Gasteiger partial charge >= 0.3 is 5.97 Å². The van der Waals surface area contributed by atoms with Gasteiger partial charge in [0.05, 0.1) is 5.69 Å². The quantitative estimate of drug-likeness (QED) is 0.379. The number of nitrogens with one attached hydrogen (secondary N) is 1. The molecular weight excluding hydrogens is 460 g/mol. The number of hydrogen-bond acceptors (Lipinski definition) is 7. The summed E-state index contributed by atoms with van der Waals surface area (Å²) >= 11 is 0. The lowest BCUT2D eigenvalue weighted by Gasteiger charge is -2.33. The second kappa shape index (κ2) is 11.2. The topological polar surface area (TPSA) is 136 Å². The number of carboxylic acids is 1. The third-order valence-corrected chi connectivity index (χ3v) is 6.49. The first kappa shape index (κ1) is 25.1. The summed E-state index contributed by atoms with van der Waals surface area (Å²) in [5, 5.41) is 31.8. The number of hydrogen-bond donors (Lipinski definition) is 4. The number of aliphatic hydroxyl groups excluding tert-OH is 1. The second-order valence-electron chi connectivity index (χ2n) is 9.04. The molecule has 0 spiro atoms. The predicted molar refractivity (Wildman–Crippen MR) is 134 cm³/mol. The van der Waals surface area contributed by atoms with Crippen molar-refractivity contribution in [3.8, 4) is 5.75 Å². The molecule has 4 N–H and O–H groups in total. The molecule has 0 saturated carbocycles. The van der Waals surface area contributed by atoms with Gasteiger partial charge in [-0.15, -0.1) is 0 Å².